The summed E-state index contributed by atoms with van der Waals surface area (Å²) in [6.45, 7) is 5.55. The Morgan fingerprint density at radius 1 is 1.16 bits per heavy atom. The van der Waals surface area contributed by atoms with E-state index in [0.717, 1.165) is 30.8 Å². The van der Waals surface area contributed by atoms with E-state index in [0.29, 0.717) is 17.2 Å². The highest BCUT2D eigenvalue weighted by Crippen LogP contribution is 2.22. The number of ether oxygens (including phenoxy) is 2. The van der Waals surface area contributed by atoms with Gasteiger partial charge in [0.25, 0.3) is 0 Å². The van der Waals surface area contributed by atoms with Crippen molar-refractivity contribution in [1.82, 2.24) is 0 Å². The van der Waals surface area contributed by atoms with E-state index >= 15 is 0 Å². The van der Waals surface area contributed by atoms with E-state index in [2.05, 4.69) is 25.2 Å². The fraction of sp³-hybridized carbons (Fsp3) is 0.350. The molecule has 25 heavy (non-hydrogen) atoms. The monoisotopic (exact) mass is 361 g/mol. The summed E-state index contributed by atoms with van der Waals surface area (Å²) in [6.07, 6.45) is 1.84. The molecule has 0 radical (unpaired) electrons. The molecule has 0 aromatic heterocycles. The Morgan fingerprint density at radius 2 is 1.96 bits per heavy atom. The lowest BCUT2D eigenvalue weighted by Crippen LogP contribution is -2.10. The number of carbonyl (C=O) groups excluding carboxylic acids is 1. The Bertz CT molecular complexity index is 731. The maximum atomic E-state index is 11.8. The number of methoxy groups -OCH3 is 1. The maximum Gasteiger partial charge on any atom is 0.340 e. The highest BCUT2D eigenvalue weighted by Gasteiger charge is 2.12. The first-order valence-corrected chi connectivity index (χ1v) is 8.71. The Hall–Kier alpha value is -2.20. The molecule has 0 spiro atoms. The molecule has 2 aromatic carbocycles. The molecule has 0 amide bonds. The molecule has 134 valence electrons. The largest absolute Gasteiger partial charge is 0.493 e. The van der Waals surface area contributed by atoms with Crippen LogP contribution in [0.4, 0.5) is 5.69 Å². The summed E-state index contributed by atoms with van der Waals surface area (Å²) in [6, 6.07) is 11.2. The van der Waals surface area contributed by atoms with Crippen molar-refractivity contribution < 1.29 is 14.3 Å². The van der Waals surface area contributed by atoms with Crippen molar-refractivity contribution >= 4 is 23.3 Å². The minimum absolute atomic E-state index is 0.400. The highest BCUT2D eigenvalue weighted by molar-refractivity contribution is 6.31. The van der Waals surface area contributed by atoms with Crippen LogP contribution in [0.1, 0.15) is 34.3 Å². The van der Waals surface area contributed by atoms with Gasteiger partial charge in [-0.1, -0.05) is 23.7 Å². The van der Waals surface area contributed by atoms with E-state index < -0.39 is 5.97 Å². The van der Waals surface area contributed by atoms with Gasteiger partial charge in [-0.25, -0.2) is 4.79 Å². The molecule has 0 aliphatic rings. The van der Waals surface area contributed by atoms with Crippen LogP contribution in [0.2, 0.25) is 5.02 Å². The molecule has 0 unspecified atom stereocenters. The third kappa shape index (κ3) is 5.40. The third-order valence-corrected chi connectivity index (χ3v) is 4.32. The first-order chi connectivity index (χ1) is 12.0. The first-order valence-electron chi connectivity index (χ1n) is 8.33. The summed E-state index contributed by atoms with van der Waals surface area (Å²) in [4.78, 5) is 11.8. The second kappa shape index (κ2) is 9.33. The molecular formula is C20H24ClNO3. The van der Waals surface area contributed by atoms with Crippen LogP contribution in [-0.4, -0.2) is 26.2 Å². The average Bonchev–Trinajstić information content (AvgIpc) is 2.61. The van der Waals surface area contributed by atoms with Crippen LogP contribution >= 0.6 is 11.6 Å². The number of nitrogens with one attached hydrogen (secondary N) is 1. The van der Waals surface area contributed by atoms with Crippen LogP contribution in [0.15, 0.2) is 36.4 Å². The predicted molar refractivity (Wildman–Crippen MR) is 102 cm³/mol. The van der Waals surface area contributed by atoms with E-state index in [-0.39, 0.29) is 0 Å². The molecule has 0 fully saturated rings. The van der Waals surface area contributed by atoms with Gasteiger partial charge in [0.05, 0.1) is 19.3 Å². The lowest BCUT2D eigenvalue weighted by molar-refractivity contribution is 0.0602. The predicted octanol–water partition coefficient (Wildman–Crippen LogP) is 5.01. The number of halogens is 1. The minimum atomic E-state index is -0.400. The molecule has 0 heterocycles. The molecule has 2 aromatic rings. The second-order valence-corrected chi connectivity index (χ2v) is 6.30. The quantitative estimate of drug-likeness (QED) is 0.530. The minimum Gasteiger partial charge on any atom is -0.493 e. The summed E-state index contributed by atoms with van der Waals surface area (Å²) in [5.74, 6) is 0.543. The van der Waals surface area contributed by atoms with Gasteiger partial charge in [-0.2, -0.15) is 0 Å². The number of aryl methyl sites for hydroxylation is 1. The Morgan fingerprint density at radius 3 is 2.72 bits per heavy atom. The second-order valence-electron chi connectivity index (χ2n) is 5.86. The van der Waals surface area contributed by atoms with Gasteiger partial charge in [0.15, 0.2) is 0 Å². The lowest BCUT2D eigenvalue weighted by atomic mass is 10.1. The topological polar surface area (TPSA) is 47.6 Å². The molecular weight excluding hydrogens is 338 g/mol. The molecule has 4 nitrogen and oxygen atoms in total. The summed E-state index contributed by atoms with van der Waals surface area (Å²) in [7, 11) is 1.36. The molecule has 0 bridgehead atoms. The van der Waals surface area contributed by atoms with Crippen molar-refractivity contribution in [3.05, 3.63) is 58.1 Å². The number of carbonyl (C=O) groups is 1. The standard InChI is InChI=1S/C20H24ClNO3/c1-14-7-6-8-19(15(14)2)25-12-5-4-11-22-18-10-9-16(21)13-17(18)20(23)24-3/h6-10,13,22H,4-5,11-12H2,1-3H3. The van der Waals surface area contributed by atoms with Gasteiger partial charge in [0.1, 0.15) is 5.75 Å². The van der Waals surface area contributed by atoms with Crippen molar-refractivity contribution in [3.63, 3.8) is 0 Å². The van der Waals surface area contributed by atoms with Gasteiger partial charge in [0.2, 0.25) is 0 Å². The zero-order valence-electron chi connectivity index (χ0n) is 14.9. The Labute approximate surface area is 154 Å². The molecule has 1 N–H and O–H groups in total. The zero-order chi connectivity index (χ0) is 18.2. The van der Waals surface area contributed by atoms with Crippen molar-refractivity contribution in [3.8, 4) is 5.75 Å². The number of rotatable bonds is 8. The molecule has 5 heteroatoms. The van der Waals surface area contributed by atoms with E-state index in [1.165, 1.54) is 18.2 Å². The van der Waals surface area contributed by atoms with Gasteiger partial charge >= 0.3 is 5.97 Å². The van der Waals surface area contributed by atoms with Crippen molar-refractivity contribution in [2.75, 3.05) is 25.6 Å². The van der Waals surface area contributed by atoms with Crippen LogP contribution in [0.25, 0.3) is 0 Å². The van der Waals surface area contributed by atoms with Gasteiger partial charge in [-0.3, -0.25) is 0 Å². The third-order valence-electron chi connectivity index (χ3n) is 4.09. The maximum absolute atomic E-state index is 11.8. The van der Waals surface area contributed by atoms with Crippen LogP contribution in [0, 0.1) is 13.8 Å². The molecule has 0 aliphatic carbocycles. The van der Waals surface area contributed by atoms with Crippen molar-refractivity contribution in [2.24, 2.45) is 0 Å². The summed E-state index contributed by atoms with van der Waals surface area (Å²) in [5.41, 5.74) is 3.59. The van der Waals surface area contributed by atoms with Gasteiger partial charge < -0.3 is 14.8 Å². The number of esters is 1. The fourth-order valence-corrected chi connectivity index (χ4v) is 2.63. The van der Waals surface area contributed by atoms with E-state index in [4.69, 9.17) is 21.1 Å². The number of hydrogen-bond donors (Lipinski definition) is 1. The molecule has 2 rings (SSSR count). The smallest absolute Gasteiger partial charge is 0.340 e. The van der Waals surface area contributed by atoms with E-state index in [9.17, 15) is 4.79 Å². The fourth-order valence-electron chi connectivity index (χ4n) is 2.46. The van der Waals surface area contributed by atoms with Crippen LogP contribution in [0.3, 0.4) is 0 Å². The normalized spacial score (nSPS) is 10.4. The van der Waals surface area contributed by atoms with Crippen molar-refractivity contribution in [1.29, 1.82) is 0 Å². The van der Waals surface area contributed by atoms with E-state index in [1.807, 2.05) is 12.1 Å². The lowest BCUT2D eigenvalue weighted by Gasteiger charge is -2.12. The summed E-state index contributed by atoms with van der Waals surface area (Å²) >= 11 is 5.95. The molecule has 0 saturated heterocycles. The zero-order valence-corrected chi connectivity index (χ0v) is 15.7. The Balaban J connectivity index is 1.78. The SMILES string of the molecule is COC(=O)c1cc(Cl)ccc1NCCCCOc1cccc(C)c1C. The van der Waals surface area contributed by atoms with Crippen LogP contribution in [-0.2, 0) is 4.74 Å². The Kier molecular flexibility index (Phi) is 7.14. The van der Waals surface area contributed by atoms with Gasteiger partial charge in [0, 0.05) is 17.3 Å². The number of anilines is 1. The number of benzene rings is 2. The summed E-state index contributed by atoms with van der Waals surface area (Å²) < 4.78 is 10.6. The van der Waals surface area contributed by atoms with E-state index in [1.54, 1.807) is 18.2 Å². The first kappa shape index (κ1) is 19.1. The number of unbranched alkanes of at least 4 members (excludes halogenated alkanes) is 1. The molecule has 0 saturated carbocycles. The summed E-state index contributed by atoms with van der Waals surface area (Å²) in [5, 5.41) is 3.77. The number of hydrogen-bond acceptors (Lipinski definition) is 4. The van der Waals surface area contributed by atoms with Crippen LogP contribution < -0.4 is 10.1 Å². The van der Waals surface area contributed by atoms with Gasteiger partial charge in [-0.15, -0.1) is 0 Å². The average molecular weight is 362 g/mol. The van der Waals surface area contributed by atoms with Crippen LogP contribution in [0.5, 0.6) is 5.75 Å². The molecule has 0 aliphatic heterocycles. The highest BCUT2D eigenvalue weighted by atomic mass is 35.5. The van der Waals surface area contributed by atoms with Crippen molar-refractivity contribution in [2.45, 2.75) is 26.7 Å². The molecule has 0 atom stereocenters. The van der Waals surface area contributed by atoms with Gasteiger partial charge in [-0.05, 0) is 62.1 Å².